The zero-order valence-electron chi connectivity index (χ0n) is 14.1. The van der Waals surface area contributed by atoms with Gasteiger partial charge in [-0.3, -0.25) is 14.8 Å². The van der Waals surface area contributed by atoms with Gasteiger partial charge in [0.1, 0.15) is 4.88 Å². The third-order valence-electron chi connectivity index (χ3n) is 5.52. The maximum Gasteiger partial charge on any atom is 0.274 e. The highest BCUT2D eigenvalue weighted by atomic mass is 35.5. The highest BCUT2D eigenvalue weighted by Crippen LogP contribution is 2.54. The lowest BCUT2D eigenvalue weighted by atomic mass is 9.90. The fraction of sp³-hybridized carbons (Fsp3) is 0.200. The molecule has 5 nitrogen and oxygen atoms in total. The summed E-state index contributed by atoms with van der Waals surface area (Å²) in [5.74, 6) is -0.607. The number of amides is 2. The molecule has 0 aliphatic carbocycles. The largest absolute Gasteiger partial charge is 0.324 e. The van der Waals surface area contributed by atoms with Gasteiger partial charge in [-0.1, -0.05) is 35.9 Å². The van der Waals surface area contributed by atoms with Gasteiger partial charge in [-0.05, 0) is 42.2 Å². The summed E-state index contributed by atoms with van der Waals surface area (Å²) in [5.41, 5.74) is 4.11. The van der Waals surface area contributed by atoms with E-state index in [1.54, 1.807) is 17.6 Å². The number of nitrogens with zero attached hydrogens (tertiary/aromatic N) is 1. The Morgan fingerprint density at radius 2 is 1.85 bits per heavy atom. The van der Waals surface area contributed by atoms with Crippen LogP contribution in [0.15, 0.2) is 42.5 Å². The number of benzene rings is 2. The van der Waals surface area contributed by atoms with Gasteiger partial charge in [0.25, 0.3) is 11.8 Å². The minimum absolute atomic E-state index is 0.00465. The fourth-order valence-electron chi connectivity index (χ4n) is 4.35. The first-order valence-electron chi connectivity index (χ1n) is 8.68. The molecule has 2 bridgehead atoms. The smallest absolute Gasteiger partial charge is 0.274 e. The van der Waals surface area contributed by atoms with E-state index in [0.29, 0.717) is 15.5 Å². The van der Waals surface area contributed by atoms with Crippen molar-refractivity contribution in [2.24, 2.45) is 0 Å². The summed E-state index contributed by atoms with van der Waals surface area (Å²) in [5, 5.41) is 10.3. The molecular formula is C20H15ClN2O3S. The predicted molar refractivity (Wildman–Crippen MR) is 103 cm³/mol. The number of carbonyl (C=O) groups is 2. The van der Waals surface area contributed by atoms with Crippen molar-refractivity contribution in [1.29, 1.82) is 0 Å². The molecule has 2 aliphatic heterocycles. The van der Waals surface area contributed by atoms with Gasteiger partial charge < -0.3 is 4.90 Å². The highest BCUT2D eigenvalue weighted by molar-refractivity contribution is 7.21. The molecule has 2 N–H and O–H groups in total. The Morgan fingerprint density at radius 3 is 2.59 bits per heavy atom. The van der Waals surface area contributed by atoms with Crippen LogP contribution in [-0.2, 0) is 0 Å². The SMILES string of the molecule is O=C(NO)c1ccc2c(c1)C1CCC2N1C(=O)c1sc2ccccc2c1Cl. The summed E-state index contributed by atoms with van der Waals surface area (Å²) in [6.45, 7) is 0. The molecule has 2 aromatic carbocycles. The highest BCUT2D eigenvalue weighted by Gasteiger charge is 2.47. The Morgan fingerprint density at radius 1 is 1.11 bits per heavy atom. The molecule has 136 valence electrons. The number of carbonyl (C=O) groups excluding carboxylic acids is 2. The van der Waals surface area contributed by atoms with Gasteiger partial charge in [-0.15, -0.1) is 11.3 Å². The molecule has 27 heavy (non-hydrogen) atoms. The van der Waals surface area contributed by atoms with E-state index in [9.17, 15) is 9.59 Å². The van der Waals surface area contributed by atoms with Crippen LogP contribution >= 0.6 is 22.9 Å². The molecule has 2 aliphatic rings. The van der Waals surface area contributed by atoms with Crippen LogP contribution in [0.5, 0.6) is 0 Å². The molecule has 5 rings (SSSR count). The summed E-state index contributed by atoms with van der Waals surface area (Å²) in [7, 11) is 0. The normalized spacial score (nSPS) is 20.1. The van der Waals surface area contributed by atoms with Crippen molar-refractivity contribution in [3.05, 3.63) is 69.1 Å². The number of rotatable bonds is 2. The molecule has 1 aromatic heterocycles. The third-order valence-corrected chi connectivity index (χ3v) is 7.18. The van der Waals surface area contributed by atoms with Crippen LogP contribution in [0.4, 0.5) is 0 Å². The van der Waals surface area contributed by atoms with Crippen molar-refractivity contribution in [2.45, 2.75) is 24.9 Å². The molecule has 3 aromatic rings. The molecule has 2 amide bonds. The standard InChI is InChI=1S/C20H15ClN2O3S/c21-17-12-3-1-2-4-16(12)27-18(17)20(25)23-14-7-8-15(23)13-9-10(19(24)22-26)5-6-11(13)14/h1-6,9,14-15,26H,7-8H2,(H,22,24). The van der Waals surface area contributed by atoms with Crippen LogP contribution in [0.25, 0.3) is 10.1 Å². The number of hydrogen-bond acceptors (Lipinski definition) is 4. The molecular weight excluding hydrogens is 384 g/mol. The number of hydroxylamine groups is 1. The second-order valence-electron chi connectivity index (χ2n) is 6.85. The Bertz CT molecular complexity index is 1110. The first-order chi connectivity index (χ1) is 13.1. The minimum Gasteiger partial charge on any atom is -0.324 e. The molecule has 1 saturated heterocycles. The lowest BCUT2D eigenvalue weighted by molar-refractivity contribution is 0.0700. The van der Waals surface area contributed by atoms with Crippen molar-refractivity contribution >= 4 is 44.8 Å². The monoisotopic (exact) mass is 398 g/mol. The van der Waals surface area contributed by atoms with Crippen molar-refractivity contribution in [3.8, 4) is 0 Å². The van der Waals surface area contributed by atoms with E-state index in [4.69, 9.17) is 16.8 Å². The molecule has 3 heterocycles. The summed E-state index contributed by atoms with van der Waals surface area (Å²) in [6, 6.07) is 13.0. The Hall–Kier alpha value is -2.41. The van der Waals surface area contributed by atoms with Gasteiger partial charge in [-0.25, -0.2) is 5.48 Å². The topological polar surface area (TPSA) is 69.6 Å². The fourth-order valence-corrected chi connectivity index (χ4v) is 5.80. The lowest BCUT2D eigenvalue weighted by Crippen LogP contribution is -2.27. The van der Waals surface area contributed by atoms with E-state index >= 15 is 0 Å². The zero-order valence-corrected chi connectivity index (χ0v) is 15.7. The maximum atomic E-state index is 13.4. The van der Waals surface area contributed by atoms with E-state index < -0.39 is 5.91 Å². The number of hydrogen-bond donors (Lipinski definition) is 2. The second kappa shape index (κ2) is 6.05. The third kappa shape index (κ3) is 2.34. The molecule has 1 fully saturated rings. The number of fused-ring (bicyclic) bond motifs is 6. The average molecular weight is 399 g/mol. The lowest BCUT2D eigenvalue weighted by Gasteiger charge is -2.22. The Labute approximate surface area is 164 Å². The van der Waals surface area contributed by atoms with Crippen LogP contribution in [0.3, 0.4) is 0 Å². The van der Waals surface area contributed by atoms with Crippen molar-refractivity contribution in [1.82, 2.24) is 10.4 Å². The van der Waals surface area contributed by atoms with Gasteiger partial charge in [0.15, 0.2) is 0 Å². The Balaban J connectivity index is 1.55. The van der Waals surface area contributed by atoms with Gasteiger partial charge in [0, 0.05) is 15.6 Å². The summed E-state index contributed by atoms with van der Waals surface area (Å²) in [6.07, 6.45) is 1.76. The van der Waals surface area contributed by atoms with Gasteiger partial charge in [0.05, 0.1) is 17.1 Å². The molecule has 0 saturated carbocycles. The number of nitrogens with one attached hydrogen (secondary N) is 1. The summed E-state index contributed by atoms with van der Waals surface area (Å²) < 4.78 is 0.997. The van der Waals surface area contributed by atoms with Gasteiger partial charge in [-0.2, -0.15) is 0 Å². The van der Waals surface area contributed by atoms with Gasteiger partial charge >= 0.3 is 0 Å². The predicted octanol–water partition coefficient (Wildman–Crippen LogP) is 4.71. The van der Waals surface area contributed by atoms with Crippen molar-refractivity contribution in [3.63, 3.8) is 0 Å². The van der Waals surface area contributed by atoms with Crippen LogP contribution in [0, 0.1) is 0 Å². The molecule has 2 unspecified atom stereocenters. The molecule has 0 radical (unpaired) electrons. The molecule has 7 heteroatoms. The van der Waals surface area contributed by atoms with E-state index in [2.05, 4.69) is 0 Å². The van der Waals surface area contributed by atoms with E-state index in [-0.39, 0.29) is 18.0 Å². The van der Waals surface area contributed by atoms with E-state index in [0.717, 1.165) is 34.1 Å². The average Bonchev–Trinajstić information content (AvgIpc) is 3.37. The van der Waals surface area contributed by atoms with Crippen molar-refractivity contribution < 1.29 is 14.8 Å². The first kappa shape index (κ1) is 16.7. The summed E-state index contributed by atoms with van der Waals surface area (Å²) in [4.78, 5) is 27.6. The Kier molecular flexibility index (Phi) is 3.75. The van der Waals surface area contributed by atoms with Crippen LogP contribution < -0.4 is 5.48 Å². The van der Waals surface area contributed by atoms with Crippen LogP contribution in [0.1, 0.15) is 56.1 Å². The van der Waals surface area contributed by atoms with Crippen LogP contribution in [0.2, 0.25) is 5.02 Å². The molecule has 2 atom stereocenters. The maximum absolute atomic E-state index is 13.4. The van der Waals surface area contributed by atoms with Crippen LogP contribution in [-0.4, -0.2) is 21.9 Å². The minimum atomic E-state index is -0.550. The first-order valence-corrected chi connectivity index (χ1v) is 9.87. The van der Waals surface area contributed by atoms with Crippen molar-refractivity contribution in [2.75, 3.05) is 0 Å². The quantitative estimate of drug-likeness (QED) is 0.485. The molecule has 0 spiro atoms. The number of thiophene rings is 1. The second-order valence-corrected chi connectivity index (χ2v) is 8.28. The zero-order chi connectivity index (χ0) is 18.7. The number of halogens is 1. The van der Waals surface area contributed by atoms with E-state index in [1.807, 2.05) is 35.2 Å². The van der Waals surface area contributed by atoms with E-state index in [1.165, 1.54) is 11.3 Å². The summed E-state index contributed by atoms with van der Waals surface area (Å²) >= 11 is 7.95. The van der Waals surface area contributed by atoms with Gasteiger partial charge in [0.2, 0.25) is 0 Å².